The van der Waals surface area contributed by atoms with Gasteiger partial charge in [0.05, 0.1) is 11.5 Å². The first kappa shape index (κ1) is 25.1. The number of aliphatic carboxylic acids is 1. The molecule has 31 heavy (non-hydrogen) atoms. The van der Waals surface area contributed by atoms with Crippen molar-refractivity contribution in [3.05, 3.63) is 35.9 Å². The number of carbonyl (C=O) groups excluding carboxylic acids is 2. The number of rotatable bonds is 7. The number of carboxylic acids is 1. The summed E-state index contributed by atoms with van der Waals surface area (Å²) in [4.78, 5) is 39.9. The van der Waals surface area contributed by atoms with Gasteiger partial charge < -0.3 is 20.6 Å². The van der Waals surface area contributed by atoms with Crippen LogP contribution in [0.5, 0.6) is 0 Å². The predicted molar refractivity (Wildman–Crippen MR) is 121 cm³/mol. The van der Waals surface area contributed by atoms with Crippen molar-refractivity contribution < 1.29 is 19.5 Å². The first-order chi connectivity index (χ1) is 14.4. The minimum Gasteiger partial charge on any atom is -0.480 e. The summed E-state index contributed by atoms with van der Waals surface area (Å²) in [7, 11) is 0. The number of piperidine rings is 1. The Hall–Kier alpha value is -2.12. The maximum atomic E-state index is 13.5. The molecule has 2 heterocycles. The van der Waals surface area contributed by atoms with Crippen LogP contribution >= 0.6 is 12.4 Å². The monoisotopic (exact) mass is 451 g/mol. The minimum absolute atomic E-state index is 0. The van der Waals surface area contributed by atoms with Crippen LogP contribution in [0.4, 0.5) is 0 Å². The summed E-state index contributed by atoms with van der Waals surface area (Å²) in [5.41, 5.74) is 0.0457. The number of amides is 2. The molecule has 0 aliphatic carbocycles. The second-order valence-corrected chi connectivity index (χ2v) is 8.60. The third-order valence-corrected chi connectivity index (χ3v) is 6.81. The van der Waals surface area contributed by atoms with Crippen LogP contribution < -0.4 is 10.6 Å². The van der Waals surface area contributed by atoms with Crippen LogP contribution in [0.2, 0.25) is 0 Å². The number of hydrogen-bond donors (Lipinski definition) is 3. The van der Waals surface area contributed by atoms with Crippen LogP contribution in [0.1, 0.15) is 51.5 Å². The summed E-state index contributed by atoms with van der Waals surface area (Å²) >= 11 is 0. The Balaban J connectivity index is 0.00000341. The van der Waals surface area contributed by atoms with Crippen LogP contribution in [0.3, 0.4) is 0 Å². The highest BCUT2D eigenvalue weighted by molar-refractivity contribution is 5.92. The van der Waals surface area contributed by atoms with E-state index in [1.807, 2.05) is 49.1 Å². The van der Waals surface area contributed by atoms with Crippen molar-refractivity contribution in [1.82, 2.24) is 15.5 Å². The van der Waals surface area contributed by atoms with Crippen LogP contribution in [0.15, 0.2) is 30.3 Å². The molecule has 1 unspecified atom stereocenters. The normalized spacial score (nSPS) is 22.1. The molecule has 2 amide bonds. The second-order valence-electron chi connectivity index (χ2n) is 8.60. The van der Waals surface area contributed by atoms with E-state index in [2.05, 4.69) is 10.6 Å². The largest absolute Gasteiger partial charge is 0.480 e. The van der Waals surface area contributed by atoms with Crippen molar-refractivity contribution in [2.45, 2.75) is 63.5 Å². The Bertz CT molecular complexity index is 759. The molecular formula is C23H34ClN3O4. The molecule has 3 rings (SSSR count). The predicted octanol–water partition coefficient (Wildman–Crippen LogP) is 2.34. The van der Waals surface area contributed by atoms with Gasteiger partial charge in [-0.05, 0) is 43.7 Å². The van der Waals surface area contributed by atoms with Crippen LogP contribution in [-0.4, -0.2) is 59.5 Å². The van der Waals surface area contributed by atoms with Crippen molar-refractivity contribution >= 4 is 30.2 Å². The maximum Gasteiger partial charge on any atom is 0.326 e. The lowest BCUT2D eigenvalue weighted by Crippen LogP contribution is -2.58. The standard InChI is InChI=1S/C23H33N3O4.ClH/c1-3-16(2)19(21(28)29)25-22(30)23(17-8-5-4-6-9-17)11-14-26(15-12-23)20(27)18-10-7-13-24-18;/h4-6,8-9,16,18-19,24H,3,7,10-15H2,1-2H3,(H,25,30)(H,28,29);1H/t16?,18-,19-;/m0./s1. The fourth-order valence-corrected chi connectivity index (χ4v) is 4.59. The van der Waals surface area contributed by atoms with Gasteiger partial charge >= 0.3 is 5.97 Å². The van der Waals surface area contributed by atoms with Crippen molar-refractivity contribution in [3.8, 4) is 0 Å². The van der Waals surface area contributed by atoms with E-state index in [-0.39, 0.29) is 36.2 Å². The lowest BCUT2D eigenvalue weighted by atomic mass is 9.71. The van der Waals surface area contributed by atoms with E-state index < -0.39 is 17.4 Å². The van der Waals surface area contributed by atoms with Crippen molar-refractivity contribution in [2.75, 3.05) is 19.6 Å². The van der Waals surface area contributed by atoms with Gasteiger partial charge in [0.2, 0.25) is 11.8 Å². The van der Waals surface area contributed by atoms with Crippen molar-refractivity contribution in [2.24, 2.45) is 5.92 Å². The zero-order chi connectivity index (χ0) is 21.7. The van der Waals surface area contributed by atoms with E-state index in [1.165, 1.54) is 0 Å². The molecule has 0 saturated carbocycles. The van der Waals surface area contributed by atoms with Gasteiger partial charge in [0, 0.05) is 13.1 Å². The number of carbonyl (C=O) groups is 3. The smallest absolute Gasteiger partial charge is 0.326 e. The molecule has 0 spiro atoms. The van der Waals surface area contributed by atoms with Crippen LogP contribution in [-0.2, 0) is 19.8 Å². The average molecular weight is 452 g/mol. The Kier molecular flexibility index (Phi) is 8.89. The van der Waals surface area contributed by atoms with E-state index in [0.29, 0.717) is 32.4 Å². The number of halogens is 1. The van der Waals surface area contributed by atoms with Gasteiger partial charge in [-0.15, -0.1) is 12.4 Å². The molecule has 1 aromatic carbocycles. The molecular weight excluding hydrogens is 418 g/mol. The lowest BCUT2D eigenvalue weighted by molar-refractivity contribution is -0.145. The number of benzene rings is 1. The average Bonchev–Trinajstić information content (AvgIpc) is 3.31. The summed E-state index contributed by atoms with van der Waals surface area (Å²) in [6.07, 6.45) is 3.48. The molecule has 8 heteroatoms. The number of nitrogens with one attached hydrogen (secondary N) is 2. The lowest BCUT2D eigenvalue weighted by Gasteiger charge is -2.42. The zero-order valence-electron chi connectivity index (χ0n) is 18.3. The van der Waals surface area contributed by atoms with E-state index in [0.717, 1.165) is 24.9 Å². The topological polar surface area (TPSA) is 98.7 Å². The highest BCUT2D eigenvalue weighted by Crippen LogP contribution is 2.36. The van der Waals surface area contributed by atoms with Gasteiger partial charge in [0.25, 0.3) is 0 Å². The molecule has 0 aromatic heterocycles. The van der Waals surface area contributed by atoms with Gasteiger partial charge in [-0.25, -0.2) is 4.79 Å². The number of carboxylic acid groups (broad SMARTS) is 1. The third kappa shape index (κ3) is 5.39. The second kappa shape index (κ2) is 11.0. The maximum absolute atomic E-state index is 13.5. The third-order valence-electron chi connectivity index (χ3n) is 6.81. The summed E-state index contributed by atoms with van der Waals surface area (Å²) in [5, 5.41) is 15.7. The molecule has 3 atom stereocenters. The van der Waals surface area contributed by atoms with Gasteiger partial charge in [0.1, 0.15) is 6.04 Å². The van der Waals surface area contributed by atoms with Gasteiger partial charge in [-0.3, -0.25) is 9.59 Å². The summed E-state index contributed by atoms with van der Waals surface area (Å²) < 4.78 is 0. The summed E-state index contributed by atoms with van der Waals surface area (Å²) in [6.45, 7) is 5.60. The van der Waals surface area contributed by atoms with Crippen molar-refractivity contribution in [3.63, 3.8) is 0 Å². The first-order valence-corrected chi connectivity index (χ1v) is 11.0. The SMILES string of the molecule is CCC(C)[C@H](NC(=O)C1(c2ccccc2)CCN(C(=O)[C@@H]2CCCN2)CC1)C(=O)O.Cl. The van der Waals surface area contributed by atoms with E-state index >= 15 is 0 Å². The molecule has 2 aliphatic rings. The summed E-state index contributed by atoms with van der Waals surface area (Å²) in [5.74, 6) is -1.33. The van der Waals surface area contributed by atoms with E-state index in [1.54, 1.807) is 0 Å². The quantitative estimate of drug-likeness (QED) is 0.591. The number of nitrogens with zero attached hydrogens (tertiary/aromatic N) is 1. The van der Waals surface area contributed by atoms with Crippen LogP contribution in [0, 0.1) is 5.92 Å². The molecule has 2 aliphatic heterocycles. The molecule has 3 N–H and O–H groups in total. The molecule has 0 radical (unpaired) electrons. The van der Waals surface area contributed by atoms with E-state index in [4.69, 9.17) is 0 Å². The Morgan fingerprint density at radius 2 is 1.87 bits per heavy atom. The molecule has 7 nitrogen and oxygen atoms in total. The fraction of sp³-hybridized carbons (Fsp3) is 0.609. The highest BCUT2D eigenvalue weighted by Gasteiger charge is 2.45. The molecule has 172 valence electrons. The highest BCUT2D eigenvalue weighted by atomic mass is 35.5. The molecule has 2 fully saturated rings. The van der Waals surface area contributed by atoms with Crippen molar-refractivity contribution in [1.29, 1.82) is 0 Å². The molecule has 0 bridgehead atoms. The minimum atomic E-state index is -1.01. The van der Waals surface area contributed by atoms with Gasteiger partial charge in [0.15, 0.2) is 0 Å². The van der Waals surface area contributed by atoms with Gasteiger partial charge in [-0.1, -0.05) is 50.6 Å². The number of likely N-dealkylation sites (tertiary alicyclic amines) is 1. The summed E-state index contributed by atoms with van der Waals surface area (Å²) in [6, 6.07) is 8.50. The zero-order valence-corrected chi connectivity index (χ0v) is 19.1. The van der Waals surface area contributed by atoms with E-state index in [9.17, 15) is 19.5 Å². The van der Waals surface area contributed by atoms with Gasteiger partial charge in [-0.2, -0.15) is 0 Å². The Morgan fingerprint density at radius 1 is 1.23 bits per heavy atom. The Morgan fingerprint density at radius 3 is 2.39 bits per heavy atom. The number of hydrogen-bond acceptors (Lipinski definition) is 4. The molecule has 1 aromatic rings. The fourth-order valence-electron chi connectivity index (χ4n) is 4.59. The first-order valence-electron chi connectivity index (χ1n) is 11.0. The van der Waals surface area contributed by atoms with Crippen LogP contribution in [0.25, 0.3) is 0 Å². The Labute approximate surface area is 190 Å². The molecule has 2 saturated heterocycles.